The Kier molecular flexibility index (Phi) is 21.3. The summed E-state index contributed by atoms with van der Waals surface area (Å²) in [7, 11) is 0. The Morgan fingerprint density at radius 1 is 0.652 bits per heavy atom. The first-order valence-electron chi connectivity index (χ1n) is 7.84. The van der Waals surface area contributed by atoms with Crippen LogP contribution >= 0.6 is 0 Å². The van der Waals surface area contributed by atoms with E-state index in [0.717, 1.165) is 32.1 Å². The smallest absolute Gasteiger partial charge is 0.0431 e. The van der Waals surface area contributed by atoms with Gasteiger partial charge in [-0.3, -0.25) is 0 Å². The molecule has 0 fully saturated rings. The second-order valence-corrected chi connectivity index (χ2v) is 5.11. The quantitative estimate of drug-likeness (QED) is 0.463. The van der Waals surface area contributed by atoms with Crippen molar-refractivity contribution in [3.8, 4) is 0 Å². The van der Waals surface area contributed by atoms with Crippen molar-refractivity contribution in [3.05, 3.63) is 78.7 Å². The van der Waals surface area contributed by atoms with Crippen molar-refractivity contribution in [1.29, 1.82) is 0 Å². The minimum atomic E-state index is 0. The molecule has 0 aromatic heterocycles. The molecule has 120 valence electrons. The number of aliphatic hydroxyl groups excluding tert-OH is 1. The van der Waals surface area contributed by atoms with Gasteiger partial charge in [0.15, 0.2) is 0 Å². The van der Waals surface area contributed by atoms with Gasteiger partial charge < -0.3 is 12.0 Å². The van der Waals surface area contributed by atoms with E-state index in [4.69, 9.17) is 5.11 Å². The summed E-state index contributed by atoms with van der Waals surface area (Å²) >= 11 is 0. The molecule has 0 saturated carbocycles. The number of hydrogen-bond donors (Lipinski definition) is 1. The van der Waals surface area contributed by atoms with Crippen LogP contribution < -0.4 is 0 Å². The third-order valence-corrected chi connectivity index (χ3v) is 3.27. The van der Waals surface area contributed by atoms with E-state index >= 15 is 0 Å². The SMILES string of the molecule is OCCCCCc1ccccc1.[CH2-]CCc1ccccc1.[Y].[Y]. The fourth-order valence-corrected chi connectivity index (χ4v) is 2.11. The van der Waals surface area contributed by atoms with E-state index in [1.807, 2.05) is 12.1 Å². The predicted molar refractivity (Wildman–Crippen MR) is 91.2 cm³/mol. The molecule has 0 bridgehead atoms. The molecular weight excluding hydrogens is 434 g/mol. The monoisotopic (exact) mass is 461 g/mol. The van der Waals surface area contributed by atoms with Crippen LogP contribution in [0.15, 0.2) is 60.7 Å². The minimum Gasteiger partial charge on any atom is -0.396 e. The van der Waals surface area contributed by atoms with Crippen molar-refractivity contribution in [3.63, 3.8) is 0 Å². The molecule has 0 heterocycles. The van der Waals surface area contributed by atoms with Crippen LogP contribution in [0.4, 0.5) is 0 Å². The molecule has 23 heavy (non-hydrogen) atoms. The second kappa shape index (κ2) is 18.9. The average Bonchev–Trinajstić information content (AvgIpc) is 2.55. The Bertz CT molecular complexity index is 446. The maximum Gasteiger partial charge on any atom is 0.0431 e. The summed E-state index contributed by atoms with van der Waals surface area (Å²) in [5, 5.41) is 8.56. The predicted octanol–water partition coefficient (Wildman–Crippen LogP) is 4.84. The number of unbranched alkanes of at least 4 members (excludes halogenated alkanes) is 2. The van der Waals surface area contributed by atoms with Crippen LogP contribution in [0.5, 0.6) is 0 Å². The summed E-state index contributed by atoms with van der Waals surface area (Å²) in [5.74, 6) is 0. The standard InChI is InChI=1S/C11H16O.C9H11.2Y/c12-10-6-2-5-9-11-7-3-1-4-8-11;1-2-6-9-7-4-3-5-8-9;;/h1,3-4,7-8,12H,2,5-6,9-10H2;3-5,7-8H,1-2,6H2;;/q;-1;;. The van der Waals surface area contributed by atoms with Crippen molar-refractivity contribution in [2.24, 2.45) is 0 Å². The maximum atomic E-state index is 8.56. The molecule has 2 radical (unpaired) electrons. The molecule has 0 aliphatic rings. The Labute approximate surface area is 192 Å². The van der Waals surface area contributed by atoms with Crippen molar-refractivity contribution < 1.29 is 70.5 Å². The van der Waals surface area contributed by atoms with Crippen LogP contribution in [0.3, 0.4) is 0 Å². The molecule has 2 aromatic carbocycles. The van der Waals surface area contributed by atoms with E-state index in [9.17, 15) is 0 Å². The number of hydrogen-bond acceptors (Lipinski definition) is 1. The molecule has 0 amide bonds. The zero-order valence-electron chi connectivity index (χ0n) is 14.0. The van der Waals surface area contributed by atoms with Crippen LogP contribution in [0, 0.1) is 6.92 Å². The molecule has 0 aliphatic heterocycles. The van der Waals surface area contributed by atoms with Gasteiger partial charge in [-0.25, -0.2) is 0 Å². The fraction of sp³-hybridized carbons (Fsp3) is 0.350. The summed E-state index contributed by atoms with van der Waals surface area (Å²) in [6.07, 6.45) is 6.48. The van der Waals surface area contributed by atoms with Gasteiger partial charge >= 0.3 is 0 Å². The Morgan fingerprint density at radius 2 is 1.13 bits per heavy atom. The molecule has 0 saturated heterocycles. The molecule has 0 unspecified atom stereocenters. The molecule has 1 N–H and O–H groups in total. The molecule has 1 nitrogen and oxygen atoms in total. The molecule has 2 rings (SSSR count). The Morgan fingerprint density at radius 3 is 1.57 bits per heavy atom. The first-order chi connectivity index (χ1) is 10.4. The maximum absolute atomic E-state index is 8.56. The van der Waals surface area contributed by atoms with E-state index in [1.54, 1.807) is 0 Å². The van der Waals surface area contributed by atoms with Crippen molar-refractivity contribution >= 4 is 0 Å². The fourth-order valence-electron chi connectivity index (χ4n) is 2.11. The molecule has 2 aromatic rings. The summed E-state index contributed by atoms with van der Waals surface area (Å²) < 4.78 is 0. The van der Waals surface area contributed by atoms with E-state index in [1.165, 1.54) is 17.5 Å². The van der Waals surface area contributed by atoms with Gasteiger partial charge in [0.05, 0.1) is 0 Å². The third kappa shape index (κ3) is 14.6. The van der Waals surface area contributed by atoms with Gasteiger partial charge in [0.1, 0.15) is 0 Å². The minimum absolute atomic E-state index is 0. The van der Waals surface area contributed by atoms with Gasteiger partial charge in [-0.05, 0) is 24.8 Å². The molecule has 0 atom stereocenters. The normalized spacial score (nSPS) is 8.96. The van der Waals surface area contributed by atoms with E-state index in [0.29, 0.717) is 6.61 Å². The Hall–Kier alpha value is 0.608. The number of aryl methyl sites for hydroxylation is 2. The largest absolute Gasteiger partial charge is 0.396 e. The summed E-state index contributed by atoms with van der Waals surface area (Å²) in [6, 6.07) is 20.9. The van der Waals surface area contributed by atoms with Gasteiger partial charge in [-0.1, -0.05) is 79.1 Å². The van der Waals surface area contributed by atoms with Gasteiger partial charge in [0.25, 0.3) is 0 Å². The first kappa shape index (κ1) is 25.8. The number of benzene rings is 2. The summed E-state index contributed by atoms with van der Waals surface area (Å²) in [6.45, 7) is 4.11. The van der Waals surface area contributed by atoms with Crippen LogP contribution in [0.2, 0.25) is 0 Å². The third-order valence-electron chi connectivity index (χ3n) is 3.27. The summed E-state index contributed by atoms with van der Waals surface area (Å²) in [5.41, 5.74) is 2.78. The van der Waals surface area contributed by atoms with E-state index in [2.05, 4.69) is 55.5 Å². The van der Waals surface area contributed by atoms with Crippen molar-refractivity contribution in [1.82, 2.24) is 0 Å². The van der Waals surface area contributed by atoms with Gasteiger partial charge in [0.2, 0.25) is 0 Å². The van der Waals surface area contributed by atoms with Gasteiger partial charge in [-0.2, -0.15) is 6.42 Å². The number of aliphatic hydroxyl groups is 1. The Balaban J connectivity index is 0. The molecule has 3 heteroatoms. The topological polar surface area (TPSA) is 20.2 Å². The van der Waals surface area contributed by atoms with Crippen molar-refractivity contribution in [2.45, 2.75) is 38.5 Å². The van der Waals surface area contributed by atoms with Crippen LogP contribution in [-0.2, 0) is 78.3 Å². The van der Waals surface area contributed by atoms with Crippen molar-refractivity contribution in [2.75, 3.05) is 6.61 Å². The summed E-state index contributed by atoms with van der Waals surface area (Å²) in [4.78, 5) is 0. The van der Waals surface area contributed by atoms with E-state index in [-0.39, 0.29) is 65.4 Å². The van der Waals surface area contributed by atoms with Gasteiger partial charge in [0, 0.05) is 72.0 Å². The average molecular weight is 461 g/mol. The second-order valence-electron chi connectivity index (χ2n) is 5.11. The molecule has 0 aliphatic carbocycles. The van der Waals surface area contributed by atoms with E-state index < -0.39 is 0 Å². The molecule has 0 spiro atoms. The van der Waals surface area contributed by atoms with Gasteiger partial charge in [-0.15, -0.1) is 0 Å². The number of rotatable bonds is 7. The zero-order valence-corrected chi connectivity index (χ0v) is 19.7. The first-order valence-corrected chi connectivity index (χ1v) is 7.84. The molecular formula is C20H27OY2-. The van der Waals surface area contributed by atoms with Crippen LogP contribution in [0.25, 0.3) is 0 Å². The van der Waals surface area contributed by atoms with Crippen LogP contribution in [0.1, 0.15) is 36.8 Å². The van der Waals surface area contributed by atoms with Crippen LogP contribution in [-0.4, -0.2) is 11.7 Å². The zero-order chi connectivity index (χ0) is 15.2.